The predicted octanol–water partition coefficient (Wildman–Crippen LogP) is 5.66. The number of rotatable bonds is 5. The van der Waals surface area contributed by atoms with Gasteiger partial charge in [0, 0.05) is 21.6 Å². The number of alkyl halides is 2. The highest BCUT2D eigenvalue weighted by Crippen LogP contribution is 2.30. The minimum atomic E-state index is -0.388. The monoisotopic (exact) mass is 513 g/mol. The van der Waals surface area contributed by atoms with Gasteiger partial charge < -0.3 is 4.74 Å². The van der Waals surface area contributed by atoms with Gasteiger partial charge in [-0.1, -0.05) is 56.1 Å². The molecular formula is C22H17Br2N3O2. The molecule has 0 unspecified atom stereocenters. The topological polar surface area (TPSA) is 57.0 Å². The summed E-state index contributed by atoms with van der Waals surface area (Å²) in [5.41, 5.74) is 5.75. The first-order valence-electron chi connectivity index (χ1n) is 8.93. The molecule has 29 heavy (non-hydrogen) atoms. The van der Waals surface area contributed by atoms with Gasteiger partial charge in [0.2, 0.25) is 0 Å². The molecular weight excluding hydrogens is 498 g/mol. The largest absolute Gasteiger partial charge is 0.465 e. The molecule has 4 rings (SSSR count). The van der Waals surface area contributed by atoms with Crippen molar-refractivity contribution in [3.8, 4) is 16.9 Å². The Morgan fingerprint density at radius 1 is 1.07 bits per heavy atom. The summed E-state index contributed by atoms with van der Waals surface area (Å²) in [7, 11) is 1.39. The van der Waals surface area contributed by atoms with E-state index in [1.54, 1.807) is 12.3 Å². The van der Waals surface area contributed by atoms with E-state index in [0.717, 1.165) is 33.4 Å². The summed E-state index contributed by atoms with van der Waals surface area (Å²) < 4.78 is 6.91. The molecule has 0 N–H and O–H groups in total. The Bertz CT molecular complexity index is 1190. The van der Waals surface area contributed by atoms with Crippen LogP contribution < -0.4 is 0 Å². The zero-order chi connectivity index (χ0) is 20.4. The van der Waals surface area contributed by atoms with Gasteiger partial charge in [-0.2, -0.15) is 5.10 Å². The van der Waals surface area contributed by atoms with Gasteiger partial charge in [0.1, 0.15) is 0 Å². The van der Waals surface area contributed by atoms with Crippen LogP contribution in [-0.4, -0.2) is 27.8 Å². The molecule has 4 aromatic rings. The number of aromatic nitrogens is 3. The third-order valence-corrected chi connectivity index (χ3v) is 5.88. The van der Waals surface area contributed by atoms with Crippen molar-refractivity contribution in [3.63, 3.8) is 0 Å². The molecule has 0 bridgehead atoms. The number of hydrogen-bond donors (Lipinski definition) is 0. The van der Waals surface area contributed by atoms with Crippen LogP contribution in [-0.2, 0) is 15.4 Å². The Morgan fingerprint density at radius 2 is 1.86 bits per heavy atom. The van der Waals surface area contributed by atoms with Crippen LogP contribution in [0.1, 0.15) is 21.6 Å². The third-order valence-electron chi connectivity index (χ3n) is 4.70. The highest BCUT2D eigenvalue weighted by molar-refractivity contribution is 9.08. The maximum Gasteiger partial charge on any atom is 0.338 e. The van der Waals surface area contributed by atoms with E-state index in [4.69, 9.17) is 9.72 Å². The first-order valence-corrected chi connectivity index (χ1v) is 11.2. The molecule has 0 saturated carbocycles. The molecule has 5 nitrogen and oxygen atoms in total. The van der Waals surface area contributed by atoms with Gasteiger partial charge in [-0.3, -0.25) is 0 Å². The van der Waals surface area contributed by atoms with Crippen molar-refractivity contribution in [3.05, 3.63) is 77.6 Å². The minimum Gasteiger partial charge on any atom is -0.465 e. The van der Waals surface area contributed by atoms with Crippen molar-refractivity contribution >= 4 is 48.7 Å². The second kappa shape index (κ2) is 8.47. The van der Waals surface area contributed by atoms with E-state index in [-0.39, 0.29) is 5.97 Å². The number of ether oxygens (including phenoxy) is 1. The first-order chi connectivity index (χ1) is 14.2. The molecule has 0 amide bonds. The summed E-state index contributed by atoms with van der Waals surface area (Å²) in [5, 5.41) is 6.62. The fraction of sp³-hybridized carbons (Fsp3) is 0.136. The molecule has 0 fully saturated rings. The van der Waals surface area contributed by atoms with Crippen LogP contribution in [0.5, 0.6) is 0 Å². The zero-order valence-electron chi connectivity index (χ0n) is 15.6. The standard InChI is InChI=1S/C22H17Br2N3O2/c1-29-22(28)17-10-20(26-19-8-7-14(11-23)9-16(17)19)18-13-25-27(21(18)12-24)15-5-3-2-4-6-15/h2-10,13H,11-12H2,1H3. The lowest BCUT2D eigenvalue weighted by Crippen LogP contribution is -2.05. The molecule has 0 atom stereocenters. The summed E-state index contributed by atoms with van der Waals surface area (Å²) in [6, 6.07) is 17.6. The number of carbonyl (C=O) groups excluding carboxylic acids is 1. The summed E-state index contributed by atoms with van der Waals surface area (Å²) in [4.78, 5) is 17.3. The Morgan fingerprint density at radius 3 is 2.55 bits per heavy atom. The molecule has 0 spiro atoms. The van der Waals surface area contributed by atoms with E-state index in [0.29, 0.717) is 21.9 Å². The number of esters is 1. The molecule has 2 aromatic carbocycles. The van der Waals surface area contributed by atoms with Crippen molar-refractivity contribution in [2.24, 2.45) is 0 Å². The zero-order valence-corrected chi connectivity index (χ0v) is 18.8. The Balaban J connectivity index is 1.93. The third kappa shape index (κ3) is 3.72. The number of hydrogen-bond acceptors (Lipinski definition) is 4. The Labute approximate surface area is 185 Å². The van der Waals surface area contributed by atoms with Gasteiger partial charge in [-0.15, -0.1) is 0 Å². The number of para-hydroxylation sites is 1. The van der Waals surface area contributed by atoms with Crippen LogP contribution in [0.2, 0.25) is 0 Å². The van der Waals surface area contributed by atoms with Crippen LogP contribution in [0, 0.1) is 0 Å². The highest BCUT2D eigenvalue weighted by atomic mass is 79.9. The van der Waals surface area contributed by atoms with E-state index in [9.17, 15) is 4.79 Å². The lowest BCUT2D eigenvalue weighted by molar-refractivity contribution is 0.0603. The van der Waals surface area contributed by atoms with Crippen molar-refractivity contribution < 1.29 is 9.53 Å². The summed E-state index contributed by atoms with van der Waals surface area (Å²) in [6.45, 7) is 0. The van der Waals surface area contributed by atoms with Gasteiger partial charge in [0.15, 0.2) is 0 Å². The molecule has 2 aromatic heterocycles. The predicted molar refractivity (Wildman–Crippen MR) is 121 cm³/mol. The average molecular weight is 515 g/mol. The van der Waals surface area contributed by atoms with Gasteiger partial charge in [-0.25, -0.2) is 14.5 Å². The SMILES string of the molecule is COC(=O)c1cc(-c2cnn(-c3ccccc3)c2CBr)nc2ccc(CBr)cc12. The van der Waals surface area contributed by atoms with Crippen molar-refractivity contribution in [1.82, 2.24) is 14.8 Å². The van der Waals surface area contributed by atoms with Crippen molar-refractivity contribution in [2.75, 3.05) is 7.11 Å². The molecule has 0 aliphatic rings. The number of halogens is 2. The number of nitrogens with zero attached hydrogens (tertiary/aromatic N) is 3. The van der Waals surface area contributed by atoms with Crippen molar-refractivity contribution in [1.29, 1.82) is 0 Å². The number of methoxy groups -OCH3 is 1. The van der Waals surface area contributed by atoms with E-state index in [1.165, 1.54) is 7.11 Å². The second-order valence-corrected chi connectivity index (χ2v) is 7.54. The Kier molecular flexibility index (Phi) is 5.78. The number of carbonyl (C=O) groups is 1. The van der Waals surface area contributed by atoms with E-state index in [2.05, 4.69) is 37.0 Å². The molecule has 0 aliphatic carbocycles. The quantitative estimate of drug-likeness (QED) is 0.254. The fourth-order valence-electron chi connectivity index (χ4n) is 3.28. The van der Waals surface area contributed by atoms with Gasteiger partial charge in [-0.05, 0) is 35.9 Å². The van der Waals surface area contributed by atoms with Gasteiger partial charge in [0.05, 0.1) is 41.5 Å². The molecule has 0 radical (unpaired) electrons. The summed E-state index contributed by atoms with van der Waals surface area (Å²) in [5.74, 6) is -0.388. The lowest BCUT2D eigenvalue weighted by Gasteiger charge is -2.11. The van der Waals surface area contributed by atoms with E-state index < -0.39 is 0 Å². The summed E-state index contributed by atoms with van der Waals surface area (Å²) in [6.07, 6.45) is 1.78. The van der Waals surface area contributed by atoms with E-state index in [1.807, 2.05) is 53.2 Å². The Hall–Kier alpha value is -2.51. The number of fused-ring (bicyclic) bond motifs is 1. The lowest BCUT2D eigenvalue weighted by atomic mass is 10.0. The maximum absolute atomic E-state index is 12.5. The number of pyridine rings is 1. The van der Waals surface area contributed by atoms with Crippen molar-refractivity contribution in [2.45, 2.75) is 10.7 Å². The molecule has 0 saturated heterocycles. The average Bonchev–Trinajstić information content (AvgIpc) is 3.22. The highest BCUT2D eigenvalue weighted by Gasteiger charge is 2.19. The van der Waals surface area contributed by atoms with Crippen LogP contribution in [0.4, 0.5) is 0 Å². The van der Waals surface area contributed by atoms with Crippen LogP contribution >= 0.6 is 31.9 Å². The van der Waals surface area contributed by atoms with Crippen LogP contribution in [0.25, 0.3) is 27.8 Å². The van der Waals surface area contributed by atoms with Gasteiger partial charge in [0.25, 0.3) is 0 Å². The number of benzene rings is 2. The minimum absolute atomic E-state index is 0.388. The molecule has 0 aliphatic heterocycles. The van der Waals surface area contributed by atoms with Gasteiger partial charge >= 0.3 is 5.97 Å². The molecule has 2 heterocycles. The van der Waals surface area contributed by atoms with Crippen LogP contribution in [0.15, 0.2) is 60.8 Å². The smallest absolute Gasteiger partial charge is 0.338 e. The second-order valence-electron chi connectivity index (χ2n) is 6.42. The maximum atomic E-state index is 12.5. The first kappa shape index (κ1) is 19.8. The van der Waals surface area contributed by atoms with E-state index >= 15 is 0 Å². The van der Waals surface area contributed by atoms with Crippen LogP contribution in [0.3, 0.4) is 0 Å². The fourth-order valence-corrected chi connectivity index (χ4v) is 4.17. The summed E-state index contributed by atoms with van der Waals surface area (Å²) >= 11 is 7.04. The normalized spacial score (nSPS) is 11.0. The molecule has 146 valence electrons. The molecule has 7 heteroatoms.